The molecule has 18 heavy (non-hydrogen) atoms. The third kappa shape index (κ3) is 3.22. The Kier molecular flexibility index (Phi) is 3.91. The summed E-state index contributed by atoms with van der Waals surface area (Å²) < 4.78 is 5.43. The normalized spacial score (nSPS) is 20.2. The molecule has 0 bridgehead atoms. The second-order valence-electron chi connectivity index (χ2n) is 6.23. The van der Waals surface area contributed by atoms with Crippen molar-refractivity contribution in [2.45, 2.75) is 52.1 Å². The molecule has 1 aromatic rings. The average molecular weight is 249 g/mol. The van der Waals surface area contributed by atoms with E-state index in [0.717, 1.165) is 18.6 Å². The van der Waals surface area contributed by atoms with E-state index in [2.05, 4.69) is 25.8 Å². The zero-order valence-corrected chi connectivity index (χ0v) is 11.6. The van der Waals surface area contributed by atoms with E-state index in [9.17, 15) is 4.79 Å². The van der Waals surface area contributed by atoms with Gasteiger partial charge in [0.15, 0.2) is 12.0 Å². The molecule has 0 aliphatic heterocycles. The summed E-state index contributed by atoms with van der Waals surface area (Å²) in [6.45, 7) is 5.50. The minimum Gasteiger partial charge on any atom is -0.457 e. The fourth-order valence-corrected chi connectivity index (χ4v) is 2.74. The van der Waals surface area contributed by atoms with Gasteiger partial charge in [0.1, 0.15) is 5.76 Å². The topological polar surface area (TPSA) is 33.5 Å². The Morgan fingerprint density at radius 2 is 2.06 bits per heavy atom. The largest absolute Gasteiger partial charge is 0.457 e. The van der Waals surface area contributed by atoms with Gasteiger partial charge in [-0.05, 0) is 50.3 Å². The summed E-state index contributed by atoms with van der Waals surface area (Å²) in [5, 5.41) is 0. The van der Waals surface area contributed by atoms with E-state index in [-0.39, 0.29) is 0 Å². The van der Waals surface area contributed by atoms with Crippen molar-refractivity contribution in [3.8, 4) is 0 Å². The molecular weight excluding hydrogens is 226 g/mol. The summed E-state index contributed by atoms with van der Waals surface area (Å²) in [6, 6.07) is 4.27. The van der Waals surface area contributed by atoms with Crippen LogP contribution in [-0.4, -0.2) is 24.3 Å². The third-order valence-corrected chi connectivity index (χ3v) is 4.14. The fourth-order valence-electron chi connectivity index (χ4n) is 2.74. The average Bonchev–Trinajstić information content (AvgIpc) is 2.76. The van der Waals surface area contributed by atoms with Gasteiger partial charge in [0.05, 0.1) is 6.54 Å². The van der Waals surface area contributed by atoms with Crippen LogP contribution in [0.1, 0.15) is 55.8 Å². The molecule has 0 N–H and O–H groups in total. The molecule has 1 aliphatic rings. The van der Waals surface area contributed by atoms with E-state index >= 15 is 0 Å². The third-order valence-electron chi connectivity index (χ3n) is 4.14. The lowest BCUT2D eigenvalue weighted by molar-refractivity contribution is 0.107. The molecule has 0 atom stereocenters. The van der Waals surface area contributed by atoms with Crippen molar-refractivity contribution in [1.29, 1.82) is 0 Å². The fraction of sp³-hybridized carbons (Fsp3) is 0.667. The van der Waals surface area contributed by atoms with Crippen LogP contribution in [0, 0.1) is 5.41 Å². The minimum absolute atomic E-state index is 0.420. The molecule has 3 nitrogen and oxygen atoms in total. The van der Waals surface area contributed by atoms with Crippen molar-refractivity contribution >= 4 is 6.29 Å². The maximum atomic E-state index is 10.6. The first kappa shape index (κ1) is 13.3. The molecular formula is C15H23NO2. The Morgan fingerprint density at radius 3 is 2.61 bits per heavy atom. The summed E-state index contributed by atoms with van der Waals surface area (Å²) in [4.78, 5) is 12.9. The van der Waals surface area contributed by atoms with Crippen LogP contribution in [0.3, 0.4) is 0 Å². The number of furan rings is 1. The van der Waals surface area contributed by atoms with Crippen LogP contribution in [0.4, 0.5) is 0 Å². The Labute approximate surface area is 109 Å². The zero-order chi connectivity index (χ0) is 13.2. The molecule has 0 saturated heterocycles. The Balaban J connectivity index is 1.88. The monoisotopic (exact) mass is 249 g/mol. The molecule has 0 amide bonds. The standard InChI is InChI=1S/C15H23NO2/c1-15(2)8-6-12(7-9-15)16(3)10-13-4-5-14(11-17)18-13/h4-5,11-12H,6-10H2,1-3H3. The highest BCUT2D eigenvalue weighted by atomic mass is 16.3. The van der Waals surface area contributed by atoms with E-state index in [4.69, 9.17) is 4.42 Å². The molecule has 0 spiro atoms. The number of rotatable bonds is 4. The Hall–Kier alpha value is -1.09. The highest BCUT2D eigenvalue weighted by Gasteiger charge is 2.28. The molecule has 0 unspecified atom stereocenters. The van der Waals surface area contributed by atoms with Crippen molar-refractivity contribution in [3.63, 3.8) is 0 Å². The molecule has 100 valence electrons. The number of aldehydes is 1. The van der Waals surface area contributed by atoms with Crippen LogP contribution in [0.15, 0.2) is 16.5 Å². The second-order valence-corrected chi connectivity index (χ2v) is 6.23. The smallest absolute Gasteiger partial charge is 0.185 e. The lowest BCUT2D eigenvalue weighted by Crippen LogP contribution is -2.36. The molecule has 3 heteroatoms. The number of carbonyl (C=O) groups is 1. The molecule has 0 aromatic carbocycles. The van der Waals surface area contributed by atoms with E-state index in [0.29, 0.717) is 17.2 Å². The van der Waals surface area contributed by atoms with E-state index < -0.39 is 0 Å². The maximum Gasteiger partial charge on any atom is 0.185 e. The molecule has 0 radical (unpaired) electrons. The van der Waals surface area contributed by atoms with Crippen molar-refractivity contribution < 1.29 is 9.21 Å². The van der Waals surface area contributed by atoms with E-state index in [1.54, 1.807) is 6.07 Å². The van der Waals surface area contributed by atoms with Gasteiger partial charge in [0, 0.05) is 6.04 Å². The predicted molar refractivity (Wildman–Crippen MR) is 71.6 cm³/mol. The van der Waals surface area contributed by atoms with E-state index in [1.165, 1.54) is 25.7 Å². The molecule has 1 fully saturated rings. The summed E-state index contributed by atoms with van der Waals surface area (Å²) in [5.41, 5.74) is 0.507. The van der Waals surface area contributed by atoms with Gasteiger partial charge >= 0.3 is 0 Å². The van der Waals surface area contributed by atoms with Gasteiger partial charge in [-0.3, -0.25) is 9.69 Å². The Bertz CT molecular complexity index is 398. The van der Waals surface area contributed by atoms with Crippen LogP contribution in [0.5, 0.6) is 0 Å². The maximum absolute atomic E-state index is 10.6. The van der Waals surface area contributed by atoms with Gasteiger partial charge in [-0.2, -0.15) is 0 Å². The number of carbonyl (C=O) groups excluding carboxylic acids is 1. The number of nitrogens with zero attached hydrogens (tertiary/aromatic N) is 1. The van der Waals surface area contributed by atoms with Crippen LogP contribution in [0.25, 0.3) is 0 Å². The highest BCUT2D eigenvalue weighted by Crippen LogP contribution is 2.36. The summed E-state index contributed by atoms with van der Waals surface area (Å²) in [5.74, 6) is 1.30. The highest BCUT2D eigenvalue weighted by molar-refractivity contribution is 5.70. The van der Waals surface area contributed by atoms with Crippen molar-refractivity contribution in [2.24, 2.45) is 5.41 Å². The van der Waals surface area contributed by atoms with Crippen LogP contribution < -0.4 is 0 Å². The summed E-state index contributed by atoms with van der Waals surface area (Å²) in [6.07, 6.45) is 5.85. The molecule has 1 aliphatic carbocycles. The van der Waals surface area contributed by atoms with Gasteiger partial charge < -0.3 is 4.42 Å². The predicted octanol–water partition coefficient (Wildman–Crippen LogP) is 3.49. The van der Waals surface area contributed by atoms with Crippen LogP contribution >= 0.6 is 0 Å². The lowest BCUT2D eigenvalue weighted by atomic mass is 9.75. The lowest BCUT2D eigenvalue weighted by Gasteiger charge is -2.38. The quantitative estimate of drug-likeness (QED) is 0.766. The molecule has 2 rings (SSSR count). The van der Waals surface area contributed by atoms with Gasteiger partial charge in [0.25, 0.3) is 0 Å². The first-order valence-electron chi connectivity index (χ1n) is 6.74. The first-order chi connectivity index (χ1) is 8.50. The van der Waals surface area contributed by atoms with E-state index in [1.807, 2.05) is 6.07 Å². The van der Waals surface area contributed by atoms with Crippen molar-refractivity contribution in [1.82, 2.24) is 4.90 Å². The molecule has 1 saturated carbocycles. The van der Waals surface area contributed by atoms with Gasteiger partial charge in [-0.25, -0.2) is 0 Å². The van der Waals surface area contributed by atoms with Crippen LogP contribution in [-0.2, 0) is 6.54 Å². The zero-order valence-electron chi connectivity index (χ0n) is 11.6. The summed E-state index contributed by atoms with van der Waals surface area (Å²) in [7, 11) is 2.14. The SMILES string of the molecule is CN(Cc1ccc(C=O)o1)C1CCC(C)(C)CC1. The van der Waals surface area contributed by atoms with Gasteiger partial charge in [-0.15, -0.1) is 0 Å². The minimum atomic E-state index is 0.420. The number of hydrogen-bond donors (Lipinski definition) is 0. The summed E-state index contributed by atoms with van der Waals surface area (Å²) >= 11 is 0. The molecule has 1 heterocycles. The van der Waals surface area contributed by atoms with Gasteiger partial charge in [0.2, 0.25) is 0 Å². The first-order valence-corrected chi connectivity index (χ1v) is 6.74. The van der Waals surface area contributed by atoms with Crippen molar-refractivity contribution in [2.75, 3.05) is 7.05 Å². The van der Waals surface area contributed by atoms with Crippen molar-refractivity contribution in [3.05, 3.63) is 23.7 Å². The van der Waals surface area contributed by atoms with Gasteiger partial charge in [-0.1, -0.05) is 13.8 Å². The molecule has 1 aromatic heterocycles. The van der Waals surface area contributed by atoms with Crippen LogP contribution in [0.2, 0.25) is 0 Å². The second kappa shape index (κ2) is 5.27. The Morgan fingerprint density at radius 1 is 1.39 bits per heavy atom. The number of hydrogen-bond acceptors (Lipinski definition) is 3.